The minimum Gasteiger partial charge on any atom is -0.480 e. The zero-order chi connectivity index (χ0) is 19.6. The van der Waals surface area contributed by atoms with Gasteiger partial charge in [0.1, 0.15) is 6.04 Å². The first-order chi connectivity index (χ1) is 13.0. The monoisotopic (exact) mass is 374 g/mol. The van der Waals surface area contributed by atoms with Crippen LogP contribution in [-0.4, -0.2) is 50.1 Å². The number of carboxylic acids is 1. The molecular formula is C16H22N8O3. The predicted molar refractivity (Wildman–Crippen MR) is 97.2 cm³/mol. The molecule has 0 saturated carbocycles. The molecule has 0 saturated heterocycles. The molecule has 0 fully saturated rings. The molecule has 1 aromatic carbocycles. The van der Waals surface area contributed by atoms with Crippen LogP contribution in [-0.2, 0) is 11.3 Å². The third-order valence-corrected chi connectivity index (χ3v) is 3.70. The lowest BCUT2D eigenvalue weighted by molar-refractivity contribution is -0.138. The van der Waals surface area contributed by atoms with Gasteiger partial charge in [-0.2, -0.15) is 0 Å². The summed E-state index contributed by atoms with van der Waals surface area (Å²) in [6, 6.07) is 6.12. The van der Waals surface area contributed by atoms with Gasteiger partial charge in [0.15, 0.2) is 0 Å². The summed E-state index contributed by atoms with van der Waals surface area (Å²) in [6.45, 7) is 0.806. The van der Waals surface area contributed by atoms with Crippen LogP contribution in [0.25, 0.3) is 11.4 Å². The summed E-state index contributed by atoms with van der Waals surface area (Å²) in [5.74, 6) is -0.637. The van der Waals surface area contributed by atoms with E-state index < -0.39 is 12.0 Å². The maximum absolute atomic E-state index is 11.8. The van der Waals surface area contributed by atoms with Gasteiger partial charge in [-0.1, -0.05) is 24.3 Å². The average molecular weight is 374 g/mol. The molecular weight excluding hydrogens is 352 g/mol. The van der Waals surface area contributed by atoms with Crippen LogP contribution in [0.1, 0.15) is 24.8 Å². The molecule has 1 aromatic heterocycles. The number of carboxylic acid groups (broad SMARTS) is 1. The van der Waals surface area contributed by atoms with Gasteiger partial charge < -0.3 is 27.2 Å². The number of aromatic nitrogens is 4. The molecule has 1 unspecified atom stereocenters. The SMILES string of the molecule is Nc1nnc(-c2ccc(CNC(=O)NCCCCC(N)C(=O)O)cc2)nn1. The Morgan fingerprint density at radius 1 is 1.04 bits per heavy atom. The van der Waals surface area contributed by atoms with E-state index in [-0.39, 0.29) is 12.0 Å². The Bertz CT molecular complexity index is 751. The maximum Gasteiger partial charge on any atom is 0.320 e. The van der Waals surface area contributed by atoms with Crippen molar-refractivity contribution in [3.05, 3.63) is 29.8 Å². The number of nitrogens with one attached hydrogen (secondary N) is 2. The second kappa shape index (κ2) is 9.97. The van der Waals surface area contributed by atoms with Gasteiger partial charge in [0, 0.05) is 18.7 Å². The van der Waals surface area contributed by atoms with Crippen LogP contribution in [0, 0.1) is 0 Å². The van der Waals surface area contributed by atoms with Crippen LogP contribution in [0.5, 0.6) is 0 Å². The number of unbranched alkanes of at least 4 members (excludes halogenated alkanes) is 1. The van der Waals surface area contributed by atoms with Crippen molar-refractivity contribution >= 4 is 17.9 Å². The highest BCUT2D eigenvalue weighted by molar-refractivity contribution is 5.74. The number of benzene rings is 1. The first-order valence-electron chi connectivity index (χ1n) is 8.38. The maximum atomic E-state index is 11.8. The van der Waals surface area contributed by atoms with E-state index in [1.807, 2.05) is 12.1 Å². The van der Waals surface area contributed by atoms with Crippen LogP contribution in [0.15, 0.2) is 24.3 Å². The number of nitrogen functional groups attached to an aromatic ring is 1. The zero-order valence-electron chi connectivity index (χ0n) is 14.6. The average Bonchev–Trinajstić information content (AvgIpc) is 2.67. The molecule has 11 nitrogen and oxygen atoms in total. The number of carbonyl (C=O) groups is 2. The summed E-state index contributed by atoms with van der Waals surface area (Å²) in [7, 11) is 0. The van der Waals surface area contributed by atoms with E-state index in [2.05, 4.69) is 31.0 Å². The third kappa shape index (κ3) is 6.82. The van der Waals surface area contributed by atoms with Crippen LogP contribution in [0.4, 0.5) is 10.7 Å². The van der Waals surface area contributed by atoms with Gasteiger partial charge in [0.2, 0.25) is 5.82 Å². The first kappa shape index (κ1) is 20.0. The lowest BCUT2D eigenvalue weighted by atomic mass is 10.1. The first-order valence-corrected chi connectivity index (χ1v) is 8.38. The summed E-state index contributed by atoms with van der Waals surface area (Å²) < 4.78 is 0. The number of rotatable bonds is 9. The Hall–Kier alpha value is -3.34. The molecule has 1 atom stereocenters. The van der Waals surface area contributed by atoms with Crippen LogP contribution >= 0.6 is 0 Å². The molecule has 2 amide bonds. The molecule has 0 aliphatic heterocycles. The van der Waals surface area contributed by atoms with Gasteiger partial charge in [-0.15, -0.1) is 20.4 Å². The van der Waals surface area contributed by atoms with Gasteiger partial charge in [-0.3, -0.25) is 4.79 Å². The topological polar surface area (TPSA) is 182 Å². The molecule has 7 N–H and O–H groups in total. The number of hydrogen-bond acceptors (Lipinski definition) is 8. The number of nitrogens with zero attached hydrogens (tertiary/aromatic N) is 4. The molecule has 11 heteroatoms. The number of hydrogen-bond donors (Lipinski definition) is 5. The minimum atomic E-state index is -1.01. The van der Waals surface area contributed by atoms with E-state index in [1.165, 1.54) is 0 Å². The van der Waals surface area contributed by atoms with E-state index >= 15 is 0 Å². The quantitative estimate of drug-likeness (QED) is 0.374. The van der Waals surface area contributed by atoms with Gasteiger partial charge in [-0.25, -0.2) is 4.79 Å². The minimum absolute atomic E-state index is 0.00955. The van der Waals surface area contributed by atoms with E-state index in [0.717, 1.165) is 11.1 Å². The number of amides is 2. The predicted octanol–water partition coefficient (Wildman–Crippen LogP) is -0.103. The number of nitrogens with two attached hydrogens (primary N) is 2. The zero-order valence-corrected chi connectivity index (χ0v) is 14.6. The smallest absolute Gasteiger partial charge is 0.320 e. The normalized spacial score (nSPS) is 11.6. The molecule has 0 radical (unpaired) electrons. The fraction of sp³-hybridized carbons (Fsp3) is 0.375. The lowest BCUT2D eigenvalue weighted by Gasteiger charge is -2.09. The van der Waals surface area contributed by atoms with Crippen molar-refractivity contribution in [2.45, 2.75) is 31.8 Å². The van der Waals surface area contributed by atoms with Crippen LogP contribution in [0.3, 0.4) is 0 Å². The van der Waals surface area contributed by atoms with Crippen molar-refractivity contribution in [3.8, 4) is 11.4 Å². The molecule has 0 aliphatic carbocycles. The molecule has 1 heterocycles. The number of aliphatic carboxylic acids is 1. The second-order valence-corrected chi connectivity index (χ2v) is 5.83. The van der Waals surface area contributed by atoms with Gasteiger partial charge >= 0.3 is 12.0 Å². The molecule has 0 spiro atoms. The summed E-state index contributed by atoms with van der Waals surface area (Å²) in [5, 5.41) is 29.1. The molecule has 0 aliphatic rings. The fourth-order valence-corrected chi connectivity index (χ4v) is 2.18. The number of carbonyl (C=O) groups excluding carboxylic acids is 1. The largest absolute Gasteiger partial charge is 0.480 e. The Balaban J connectivity index is 1.68. The van der Waals surface area contributed by atoms with Crippen molar-refractivity contribution in [1.82, 2.24) is 31.0 Å². The Kier molecular flexibility index (Phi) is 7.37. The highest BCUT2D eigenvalue weighted by Crippen LogP contribution is 2.14. The van der Waals surface area contributed by atoms with Crippen LogP contribution in [0.2, 0.25) is 0 Å². The van der Waals surface area contributed by atoms with Crippen molar-refractivity contribution in [3.63, 3.8) is 0 Å². The van der Waals surface area contributed by atoms with Crippen LogP contribution < -0.4 is 22.1 Å². The Labute approximate surface area is 155 Å². The van der Waals surface area contributed by atoms with Gasteiger partial charge in [-0.05, 0) is 24.8 Å². The number of anilines is 1. The molecule has 0 bridgehead atoms. The Morgan fingerprint density at radius 2 is 1.70 bits per heavy atom. The Morgan fingerprint density at radius 3 is 2.33 bits per heavy atom. The lowest BCUT2D eigenvalue weighted by Crippen LogP contribution is -2.35. The second-order valence-electron chi connectivity index (χ2n) is 5.83. The van der Waals surface area contributed by atoms with E-state index in [4.69, 9.17) is 16.6 Å². The molecule has 144 valence electrons. The van der Waals surface area contributed by atoms with Gasteiger partial charge in [0.25, 0.3) is 5.95 Å². The molecule has 2 aromatic rings. The summed E-state index contributed by atoms with van der Waals surface area (Å²) in [4.78, 5) is 22.3. The van der Waals surface area contributed by atoms with E-state index in [0.29, 0.717) is 38.2 Å². The summed E-state index contributed by atoms with van der Waals surface area (Å²) in [5.41, 5.74) is 12.4. The number of urea groups is 1. The van der Waals surface area contributed by atoms with Crippen molar-refractivity contribution < 1.29 is 14.7 Å². The highest BCUT2D eigenvalue weighted by Gasteiger charge is 2.10. The fourth-order valence-electron chi connectivity index (χ4n) is 2.18. The third-order valence-electron chi connectivity index (χ3n) is 3.70. The summed E-state index contributed by atoms with van der Waals surface area (Å²) >= 11 is 0. The van der Waals surface area contributed by atoms with Crippen molar-refractivity contribution in [2.75, 3.05) is 12.3 Å². The van der Waals surface area contributed by atoms with Crippen molar-refractivity contribution in [2.24, 2.45) is 5.73 Å². The highest BCUT2D eigenvalue weighted by atomic mass is 16.4. The molecule has 2 rings (SSSR count). The molecule has 27 heavy (non-hydrogen) atoms. The van der Waals surface area contributed by atoms with Gasteiger partial charge in [0.05, 0.1) is 0 Å². The summed E-state index contributed by atoms with van der Waals surface area (Å²) in [6.07, 6.45) is 1.67. The van der Waals surface area contributed by atoms with E-state index in [9.17, 15) is 9.59 Å². The standard InChI is InChI=1S/C16H22N8O3/c17-12(14(25)26)3-1-2-8-19-16(27)20-9-10-4-6-11(7-5-10)13-21-23-15(18)24-22-13/h4-7,12H,1-3,8-9,17H2,(H,25,26)(H2,18,23,24)(H2,19,20,27). The van der Waals surface area contributed by atoms with Crippen molar-refractivity contribution in [1.29, 1.82) is 0 Å². The van der Waals surface area contributed by atoms with E-state index in [1.54, 1.807) is 12.1 Å².